The molecule has 0 atom stereocenters. The molecule has 8 heteroatoms. The van der Waals surface area contributed by atoms with Crippen molar-refractivity contribution in [1.29, 1.82) is 0 Å². The van der Waals surface area contributed by atoms with Crippen LogP contribution >= 0.6 is 24.0 Å². The van der Waals surface area contributed by atoms with E-state index < -0.39 is 0 Å². The van der Waals surface area contributed by atoms with Crippen LogP contribution < -0.4 is 10.6 Å². The number of nitrogens with one attached hydrogen (secondary N) is 2. The fourth-order valence-corrected chi connectivity index (χ4v) is 2.46. The zero-order chi connectivity index (χ0) is 18.4. The second kappa shape index (κ2) is 10.1. The van der Waals surface area contributed by atoms with Gasteiger partial charge in [0, 0.05) is 30.9 Å². The van der Waals surface area contributed by atoms with Crippen LogP contribution in [0, 0.1) is 6.92 Å². The first-order valence-electron chi connectivity index (χ1n) is 8.65. The summed E-state index contributed by atoms with van der Waals surface area (Å²) in [5.74, 6) is 1.36. The Morgan fingerprint density at radius 2 is 2.00 bits per heavy atom. The van der Waals surface area contributed by atoms with Gasteiger partial charge in [-0.25, -0.2) is 9.98 Å². The van der Waals surface area contributed by atoms with Crippen LogP contribution in [0.2, 0.25) is 0 Å². The molecule has 0 aliphatic heterocycles. The molecular formula is C19H25IN6O. The lowest BCUT2D eigenvalue weighted by molar-refractivity contribution is 0.572. The Morgan fingerprint density at radius 3 is 2.67 bits per heavy atom. The normalized spacial score (nSPS) is 11.1. The van der Waals surface area contributed by atoms with E-state index in [1.54, 1.807) is 10.9 Å². The number of benzene rings is 1. The summed E-state index contributed by atoms with van der Waals surface area (Å²) in [6, 6.07) is 8.12. The van der Waals surface area contributed by atoms with Gasteiger partial charge in [-0.2, -0.15) is 5.10 Å². The molecule has 7 nitrogen and oxygen atoms in total. The van der Waals surface area contributed by atoms with Gasteiger partial charge in [0.1, 0.15) is 6.26 Å². The van der Waals surface area contributed by atoms with Crippen molar-refractivity contribution in [1.82, 2.24) is 25.4 Å². The minimum atomic E-state index is 0. The van der Waals surface area contributed by atoms with Gasteiger partial charge in [-0.15, -0.1) is 24.0 Å². The van der Waals surface area contributed by atoms with E-state index in [9.17, 15) is 0 Å². The lowest BCUT2D eigenvalue weighted by Crippen LogP contribution is -2.36. The Bertz CT molecular complexity index is 868. The number of halogens is 1. The van der Waals surface area contributed by atoms with Crippen LogP contribution in [-0.4, -0.2) is 27.3 Å². The Balaban J connectivity index is 0.00000261. The van der Waals surface area contributed by atoms with E-state index in [-0.39, 0.29) is 24.0 Å². The molecule has 0 saturated heterocycles. The number of rotatable bonds is 6. The van der Waals surface area contributed by atoms with Crippen molar-refractivity contribution >= 4 is 29.9 Å². The standard InChI is InChI=1S/C19H24N6O.HI/c1-4-20-19(21-9-15-10-23-25(3)12-15)22-11-17-13-26-18(24-17)16-7-5-14(2)6-8-16;/h5-8,10,12-13H,4,9,11H2,1-3H3,(H2,20,21,22);1H. The largest absolute Gasteiger partial charge is 0.444 e. The molecule has 2 aromatic heterocycles. The highest BCUT2D eigenvalue weighted by Crippen LogP contribution is 2.18. The third-order valence-corrected chi connectivity index (χ3v) is 3.81. The summed E-state index contributed by atoms with van der Waals surface area (Å²) in [4.78, 5) is 9.11. The molecule has 0 saturated carbocycles. The van der Waals surface area contributed by atoms with Gasteiger partial charge >= 0.3 is 0 Å². The fraction of sp³-hybridized carbons (Fsp3) is 0.316. The van der Waals surface area contributed by atoms with E-state index in [4.69, 9.17) is 4.42 Å². The first kappa shape index (κ1) is 20.9. The average Bonchev–Trinajstić information content (AvgIpc) is 3.27. The van der Waals surface area contributed by atoms with Gasteiger partial charge in [-0.3, -0.25) is 4.68 Å². The van der Waals surface area contributed by atoms with Crippen molar-refractivity contribution in [3.63, 3.8) is 0 Å². The molecule has 27 heavy (non-hydrogen) atoms. The molecule has 0 amide bonds. The topological polar surface area (TPSA) is 80.3 Å². The predicted octanol–water partition coefficient (Wildman–Crippen LogP) is 3.26. The van der Waals surface area contributed by atoms with Gasteiger partial charge in [0.2, 0.25) is 5.89 Å². The van der Waals surface area contributed by atoms with Gasteiger partial charge < -0.3 is 15.1 Å². The molecule has 0 bridgehead atoms. The van der Waals surface area contributed by atoms with Gasteiger partial charge in [-0.05, 0) is 26.0 Å². The molecule has 0 aliphatic rings. The second-order valence-corrected chi connectivity index (χ2v) is 6.08. The maximum atomic E-state index is 5.59. The molecule has 3 rings (SSSR count). The highest BCUT2D eigenvalue weighted by Gasteiger charge is 2.07. The monoisotopic (exact) mass is 480 g/mol. The molecule has 0 aliphatic carbocycles. The summed E-state index contributed by atoms with van der Waals surface area (Å²) in [6.07, 6.45) is 5.45. The van der Waals surface area contributed by atoms with Crippen LogP contribution in [0.15, 0.2) is 52.3 Å². The highest BCUT2D eigenvalue weighted by atomic mass is 127. The molecule has 2 heterocycles. The number of guanidine groups is 1. The predicted molar refractivity (Wildman–Crippen MR) is 117 cm³/mol. The number of nitrogens with zero attached hydrogens (tertiary/aromatic N) is 4. The van der Waals surface area contributed by atoms with Gasteiger partial charge in [0.25, 0.3) is 0 Å². The molecule has 0 fully saturated rings. The minimum Gasteiger partial charge on any atom is -0.444 e. The molecule has 0 spiro atoms. The maximum absolute atomic E-state index is 5.59. The van der Waals surface area contributed by atoms with Crippen molar-refractivity contribution in [2.45, 2.75) is 26.9 Å². The van der Waals surface area contributed by atoms with Crippen LogP contribution in [0.1, 0.15) is 23.7 Å². The number of hydrogen-bond acceptors (Lipinski definition) is 4. The highest BCUT2D eigenvalue weighted by molar-refractivity contribution is 14.0. The third kappa shape index (κ3) is 6.09. The summed E-state index contributed by atoms with van der Waals surface area (Å²) in [5.41, 5.74) is 4.07. The van der Waals surface area contributed by atoms with Gasteiger partial charge in [0.15, 0.2) is 5.96 Å². The molecule has 1 aromatic carbocycles. The summed E-state index contributed by atoms with van der Waals surface area (Å²) in [5, 5.41) is 10.7. The summed E-state index contributed by atoms with van der Waals surface area (Å²) in [7, 11) is 1.90. The number of oxazole rings is 1. The van der Waals surface area contributed by atoms with Crippen LogP contribution in [0.3, 0.4) is 0 Å². The lowest BCUT2D eigenvalue weighted by atomic mass is 10.1. The Labute approximate surface area is 176 Å². The molecule has 3 aromatic rings. The number of aryl methyl sites for hydroxylation is 2. The van der Waals surface area contributed by atoms with E-state index in [1.807, 2.05) is 50.6 Å². The summed E-state index contributed by atoms with van der Waals surface area (Å²) >= 11 is 0. The van der Waals surface area contributed by atoms with Crippen molar-refractivity contribution < 1.29 is 4.42 Å². The van der Waals surface area contributed by atoms with E-state index >= 15 is 0 Å². The minimum absolute atomic E-state index is 0. The van der Waals surface area contributed by atoms with Crippen LogP contribution in [0.25, 0.3) is 11.5 Å². The molecule has 144 valence electrons. The Kier molecular flexibility index (Phi) is 7.83. The summed E-state index contributed by atoms with van der Waals surface area (Å²) in [6.45, 7) is 5.98. The van der Waals surface area contributed by atoms with Gasteiger partial charge in [0.05, 0.1) is 25.0 Å². The third-order valence-electron chi connectivity index (χ3n) is 3.81. The smallest absolute Gasteiger partial charge is 0.226 e. The van der Waals surface area contributed by atoms with Crippen LogP contribution in [-0.2, 0) is 20.1 Å². The van der Waals surface area contributed by atoms with Crippen molar-refractivity contribution in [2.75, 3.05) is 6.54 Å². The fourth-order valence-electron chi connectivity index (χ4n) is 2.46. The maximum Gasteiger partial charge on any atom is 0.226 e. The summed E-state index contributed by atoms with van der Waals surface area (Å²) < 4.78 is 7.36. The number of aromatic nitrogens is 3. The molecule has 0 radical (unpaired) electrons. The van der Waals surface area contributed by atoms with E-state index in [0.29, 0.717) is 19.0 Å². The zero-order valence-corrected chi connectivity index (χ0v) is 18.1. The van der Waals surface area contributed by atoms with Crippen molar-refractivity contribution in [2.24, 2.45) is 12.0 Å². The second-order valence-electron chi connectivity index (χ2n) is 6.08. The first-order chi connectivity index (χ1) is 12.6. The van der Waals surface area contributed by atoms with Gasteiger partial charge in [-0.1, -0.05) is 17.7 Å². The van der Waals surface area contributed by atoms with E-state index in [0.717, 1.165) is 29.3 Å². The van der Waals surface area contributed by atoms with Crippen LogP contribution in [0.5, 0.6) is 0 Å². The SMILES string of the molecule is CCNC(=NCc1cnn(C)c1)NCc1coc(-c2ccc(C)cc2)n1.I. The first-order valence-corrected chi connectivity index (χ1v) is 8.65. The average molecular weight is 480 g/mol. The molecule has 2 N–H and O–H groups in total. The van der Waals surface area contributed by atoms with Crippen molar-refractivity contribution in [3.05, 3.63) is 59.7 Å². The van der Waals surface area contributed by atoms with Crippen molar-refractivity contribution in [3.8, 4) is 11.5 Å². The quantitative estimate of drug-likeness (QED) is 0.322. The number of aliphatic imine (C=N–C) groups is 1. The Hall–Kier alpha value is -2.36. The molecule has 0 unspecified atom stereocenters. The Morgan fingerprint density at radius 1 is 1.22 bits per heavy atom. The van der Waals surface area contributed by atoms with E-state index in [2.05, 4.69) is 32.6 Å². The zero-order valence-electron chi connectivity index (χ0n) is 15.8. The lowest BCUT2D eigenvalue weighted by Gasteiger charge is -2.09. The number of hydrogen-bond donors (Lipinski definition) is 2. The molecular weight excluding hydrogens is 455 g/mol. The van der Waals surface area contributed by atoms with E-state index in [1.165, 1.54) is 5.56 Å². The van der Waals surface area contributed by atoms with Crippen LogP contribution in [0.4, 0.5) is 0 Å².